The number of amides is 2. The molecule has 1 aliphatic rings. The van der Waals surface area contributed by atoms with Crippen LogP contribution in [0.5, 0.6) is 11.5 Å². The highest BCUT2D eigenvalue weighted by atomic mass is 16.5. The fourth-order valence-corrected chi connectivity index (χ4v) is 1.37. The van der Waals surface area contributed by atoms with E-state index in [1.165, 1.54) is 19.4 Å². The van der Waals surface area contributed by atoms with Crippen molar-refractivity contribution in [2.75, 3.05) is 7.11 Å². The van der Waals surface area contributed by atoms with Crippen molar-refractivity contribution in [2.45, 2.75) is 0 Å². The maximum absolute atomic E-state index is 11.0. The Morgan fingerprint density at radius 1 is 1.45 bits per heavy atom. The van der Waals surface area contributed by atoms with Crippen LogP contribution in [0.15, 0.2) is 50.9 Å². The van der Waals surface area contributed by atoms with Crippen LogP contribution in [0.3, 0.4) is 0 Å². The molecule has 0 atom stereocenters. The number of rotatable bonds is 3. The van der Waals surface area contributed by atoms with E-state index in [4.69, 9.17) is 4.74 Å². The van der Waals surface area contributed by atoms with E-state index >= 15 is 0 Å². The minimum Gasteiger partial charge on any atom is -0.504 e. The number of hydrogen-bond acceptors (Lipinski definition) is 6. The highest BCUT2D eigenvalue weighted by Gasteiger charge is 2.13. The lowest BCUT2D eigenvalue weighted by Gasteiger charge is -2.06. The first-order valence-electron chi connectivity index (χ1n) is 5.50. The number of aromatic hydroxyl groups is 1. The van der Waals surface area contributed by atoms with E-state index in [0.29, 0.717) is 11.3 Å². The van der Waals surface area contributed by atoms with Crippen molar-refractivity contribution in [1.82, 2.24) is 5.32 Å². The minimum absolute atomic E-state index is 0.00622. The number of azo groups is 1. The van der Waals surface area contributed by atoms with E-state index in [0.717, 1.165) is 0 Å². The lowest BCUT2D eigenvalue weighted by Crippen LogP contribution is -2.31. The molecule has 2 amide bonds. The molecule has 1 heterocycles. The van der Waals surface area contributed by atoms with Gasteiger partial charge in [-0.15, -0.1) is 10.2 Å². The predicted octanol–water partition coefficient (Wildman–Crippen LogP) is 1.82. The number of phenols is 1. The van der Waals surface area contributed by atoms with Gasteiger partial charge >= 0.3 is 6.03 Å². The average molecular weight is 273 g/mol. The van der Waals surface area contributed by atoms with Crippen LogP contribution in [0.2, 0.25) is 0 Å². The van der Waals surface area contributed by atoms with Crippen molar-refractivity contribution in [1.29, 1.82) is 0 Å². The van der Waals surface area contributed by atoms with Gasteiger partial charge in [-0.2, -0.15) is 5.10 Å². The summed E-state index contributed by atoms with van der Waals surface area (Å²) >= 11 is 0. The van der Waals surface area contributed by atoms with Gasteiger partial charge in [0, 0.05) is 0 Å². The first-order chi connectivity index (χ1) is 9.60. The second-order valence-electron chi connectivity index (χ2n) is 3.70. The lowest BCUT2D eigenvalue weighted by atomic mass is 10.2. The Hall–Kier alpha value is -3.03. The number of nitrogens with one attached hydrogen (secondary N) is 1. The van der Waals surface area contributed by atoms with Gasteiger partial charge in [-0.05, 0) is 23.8 Å². The number of methoxy groups -OCH3 is 1. The van der Waals surface area contributed by atoms with Gasteiger partial charge < -0.3 is 9.84 Å². The maximum atomic E-state index is 11.0. The molecule has 2 rings (SSSR count). The summed E-state index contributed by atoms with van der Waals surface area (Å²) in [4.78, 5) is 11.0. The van der Waals surface area contributed by atoms with Crippen LogP contribution in [0.1, 0.15) is 5.56 Å². The molecule has 102 valence electrons. The van der Waals surface area contributed by atoms with Crippen molar-refractivity contribution in [3.05, 3.63) is 36.0 Å². The molecule has 1 aliphatic heterocycles. The molecule has 8 heteroatoms. The van der Waals surface area contributed by atoms with Crippen LogP contribution in [0.4, 0.5) is 4.79 Å². The highest BCUT2D eigenvalue weighted by molar-refractivity contribution is 6.08. The predicted molar refractivity (Wildman–Crippen MR) is 72.2 cm³/mol. The number of amidine groups is 1. The Bertz CT molecular complexity index is 648. The summed E-state index contributed by atoms with van der Waals surface area (Å²) in [6.45, 7) is 3.56. The quantitative estimate of drug-likeness (QED) is 0.647. The average Bonchev–Trinajstić information content (AvgIpc) is 2.43. The molecule has 2 N–H and O–H groups in total. The smallest absolute Gasteiger partial charge is 0.365 e. The number of phenolic OH excluding ortho intramolecular Hbond substituents is 1. The molecule has 0 saturated heterocycles. The highest BCUT2D eigenvalue weighted by Crippen LogP contribution is 2.25. The van der Waals surface area contributed by atoms with Gasteiger partial charge in [0.05, 0.1) is 13.3 Å². The van der Waals surface area contributed by atoms with E-state index in [2.05, 4.69) is 32.3 Å². The van der Waals surface area contributed by atoms with E-state index in [1.807, 2.05) is 0 Å². The van der Waals surface area contributed by atoms with Gasteiger partial charge in [-0.25, -0.2) is 4.79 Å². The Labute approximate surface area is 114 Å². The fourth-order valence-electron chi connectivity index (χ4n) is 1.37. The summed E-state index contributed by atoms with van der Waals surface area (Å²) in [5.41, 5.74) is 0.821. The zero-order chi connectivity index (χ0) is 14.5. The number of benzene rings is 1. The SMILES string of the molecule is C=C1N=NC(=O)N/C1=N/N=C/c1ccc(OC)c(O)c1. The Morgan fingerprint density at radius 3 is 2.95 bits per heavy atom. The summed E-state index contributed by atoms with van der Waals surface area (Å²) < 4.78 is 4.92. The molecule has 0 spiro atoms. The van der Waals surface area contributed by atoms with E-state index in [9.17, 15) is 9.90 Å². The molecule has 0 aromatic heterocycles. The molecule has 0 unspecified atom stereocenters. The summed E-state index contributed by atoms with van der Waals surface area (Å²) in [6, 6.07) is 4.12. The third kappa shape index (κ3) is 3.05. The maximum Gasteiger partial charge on any atom is 0.365 e. The second kappa shape index (κ2) is 5.74. The normalized spacial score (nSPS) is 16.8. The summed E-state index contributed by atoms with van der Waals surface area (Å²) in [6.07, 6.45) is 1.40. The number of ether oxygens (including phenoxy) is 1. The number of carbonyl (C=O) groups excluding carboxylic acids is 1. The Kier molecular flexibility index (Phi) is 3.85. The molecule has 8 nitrogen and oxygen atoms in total. The van der Waals surface area contributed by atoms with Crippen LogP contribution in [0.25, 0.3) is 0 Å². The molecule has 1 aromatic carbocycles. The molecule has 0 radical (unpaired) electrons. The summed E-state index contributed by atoms with van der Waals surface area (Å²) in [7, 11) is 1.46. The van der Waals surface area contributed by atoms with Gasteiger partial charge in [0.15, 0.2) is 17.3 Å². The van der Waals surface area contributed by atoms with Crippen LogP contribution in [-0.2, 0) is 0 Å². The molecule has 0 aliphatic carbocycles. The summed E-state index contributed by atoms with van der Waals surface area (Å²) in [5, 5.41) is 26.3. The number of nitrogens with zero attached hydrogens (tertiary/aromatic N) is 4. The summed E-state index contributed by atoms with van der Waals surface area (Å²) in [5.74, 6) is 0.481. The van der Waals surface area contributed by atoms with Crippen LogP contribution in [-0.4, -0.2) is 30.3 Å². The molecule has 0 saturated carbocycles. The Balaban J connectivity index is 2.14. The lowest BCUT2D eigenvalue weighted by molar-refractivity contribution is 0.251. The topological polar surface area (TPSA) is 108 Å². The van der Waals surface area contributed by atoms with Crippen molar-refractivity contribution >= 4 is 18.1 Å². The van der Waals surface area contributed by atoms with Crippen LogP contribution < -0.4 is 10.1 Å². The van der Waals surface area contributed by atoms with Gasteiger partial charge in [-0.3, -0.25) is 5.32 Å². The zero-order valence-electron chi connectivity index (χ0n) is 10.6. The van der Waals surface area contributed by atoms with E-state index in [1.54, 1.807) is 12.1 Å². The van der Waals surface area contributed by atoms with Crippen LogP contribution in [0, 0.1) is 0 Å². The number of hydrogen-bond donors (Lipinski definition) is 2. The van der Waals surface area contributed by atoms with Gasteiger partial charge in [0.2, 0.25) is 0 Å². The largest absolute Gasteiger partial charge is 0.504 e. The van der Waals surface area contributed by atoms with Crippen molar-refractivity contribution in [2.24, 2.45) is 20.4 Å². The molecular formula is C12H11N5O3. The van der Waals surface area contributed by atoms with Crippen molar-refractivity contribution in [3.8, 4) is 11.5 Å². The monoisotopic (exact) mass is 273 g/mol. The zero-order valence-corrected chi connectivity index (χ0v) is 10.6. The molecular weight excluding hydrogens is 262 g/mol. The fraction of sp³-hybridized carbons (Fsp3) is 0.0833. The molecule has 0 bridgehead atoms. The Morgan fingerprint density at radius 2 is 2.25 bits per heavy atom. The van der Waals surface area contributed by atoms with Gasteiger partial charge in [0.25, 0.3) is 0 Å². The number of carbonyl (C=O) groups is 1. The number of urea groups is 1. The van der Waals surface area contributed by atoms with Crippen molar-refractivity contribution in [3.63, 3.8) is 0 Å². The van der Waals surface area contributed by atoms with Crippen LogP contribution >= 0.6 is 0 Å². The van der Waals surface area contributed by atoms with E-state index < -0.39 is 6.03 Å². The van der Waals surface area contributed by atoms with E-state index in [-0.39, 0.29) is 17.3 Å². The first-order valence-corrected chi connectivity index (χ1v) is 5.50. The molecule has 1 aromatic rings. The molecule has 20 heavy (non-hydrogen) atoms. The standard InChI is InChI=1S/C12H11N5O3/c1-7-11(14-12(19)17-15-7)16-13-6-8-3-4-10(20-2)9(18)5-8/h3-6,18H,1H2,2H3,(H,14,16,19)/b13-6+. The molecule has 0 fully saturated rings. The van der Waals surface area contributed by atoms with Gasteiger partial charge in [-0.1, -0.05) is 11.7 Å². The third-order valence-electron chi connectivity index (χ3n) is 2.33. The van der Waals surface area contributed by atoms with Gasteiger partial charge in [0.1, 0.15) is 5.70 Å². The minimum atomic E-state index is -0.631. The first kappa shape index (κ1) is 13.4. The third-order valence-corrected chi connectivity index (χ3v) is 2.33. The second-order valence-corrected chi connectivity index (χ2v) is 3.70. The van der Waals surface area contributed by atoms with Crippen molar-refractivity contribution < 1.29 is 14.6 Å².